The van der Waals surface area contributed by atoms with Gasteiger partial charge in [0.15, 0.2) is 9.84 Å². The maximum absolute atomic E-state index is 12.8. The fourth-order valence-electron chi connectivity index (χ4n) is 2.34. The van der Waals surface area contributed by atoms with E-state index in [2.05, 4.69) is 16.0 Å². The second-order valence-electron chi connectivity index (χ2n) is 5.78. The monoisotopic (exact) mass is 357 g/mol. The fourth-order valence-corrected chi connectivity index (χ4v) is 4.02. The highest BCUT2D eigenvalue weighted by Gasteiger charge is 2.29. The number of carbonyl (C=O) groups excluding carboxylic acids is 2. The van der Waals surface area contributed by atoms with Crippen molar-refractivity contribution in [1.29, 1.82) is 0 Å². The maximum atomic E-state index is 12.8. The van der Waals surface area contributed by atoms with Crippen molar-refractivity contribution in [1.82, 2.24) is 16.0 Å². The van der Waals surface area contributed by atoms with Crippen LogP contribution in [0.15, 0.2) is 24.3 Å². The van der Waals surface area contributed by atoms with Crippen molar-refractivity contribution in [3.63, 3.8) is 0 Å². The number of benzene rings is 1. The molecule has 1 fully saturated rings. The molecular formula is C15H20FN3O4S. The molecule has 3 N–H and O–H groups in total. The molecule has 0 spiro atoms. The summed E-state index contributed by atoms with van der Waals surface area (Å²) in [5, 5.41) is 7.64. The Bertz CT molecular complexity index is 706. The van der Waals surface area contributed by atoms with Gasteiger partial charge in [-0.3, -0.25) is 4.79 Å². The summed E-state index contributed by atoms with van der Waals surface area (Å²) in [6.45, 7) is 1.73. The van der Waals surface area contributed by atoms with Crippen molar-refractivity contribution >= 4 is 21.8 Å². The summed E-state index contributed by atoms with van der Waals surface area (Å²) in [7, 11) is -3.08. The van der Waals surface area contributed by atoms with Crippen molar-refractivity contribution in [2.75, 3.05) is 11.5 Å². The zero-order chi connectivity index (χ0) is 17.7. The van der Waals surface area contributed by atoms with Crippen molar-refractivity contribution < 1.29 is 22.4 Å². The van der Waals surface area contributed by atoms with Crippen LogP contribution in [0.5, 0.6) is 0 Å². The zero-order valence-electron chi connectivity index (χ0n) is 13.2. The number of rotatable bonds is 5. The molecule has 0 aromatic heterocycles. The van der Waals surface area contributed by atoms with Gasteiger partial charge in [0.05, 0.1) is 11.5 Å². The van der Waals surface area contributed by atoms with Crippen LogP contribution in [-0.2, 0) is 21.2 Å². The zero-order valence-corrected chi connectivity index (χ0v) is 14.0. The molecule has 1 aromatic rings. The van der Waals surface area contributed by atoms with Gasteiger partial charge in [-0.1, -0.05) is 12.1 Å². The second-order valence-corrected chi connectivity index (χ2v) is 8.01. The lowest BCUT2D eigenvalue weighted by molar-refractivity contribution is -0.122. The first-order valence-corrected chi connectivity index (χ1v) is 9.37. The molecule has 3 amide bonds. The molecule has 0 aliphatic carbocycles. The highest BCUT2D eigenvalue weighted by molar-refractivity contribution is 7.91. The quantitative estimate of drug-likeness (QED) is 0.706. The molecule has 9 heteroatoms. The smallest absolute Gasteiger partial charge is 0.315 e. The Morgan fingerprint density at radius 2 is 1.96 bits per heavy atom. The molecule has 0 unspecified atom stereocenters. The van der Waals surface area contributed by atoms with Crippen LogP contribution >= 0.6 is 0 Å². The number of hydrogen-bond acceptors (Lipinski definition) is 4. The molecule has 1 aromatic carbocycles. The fraction of sp³-hybridized carbons (Fsp3) is 0.467. The first kappa shape index (κ1) is 18.2. The minimum absolute atomic E-state index is 0.0612. The van der Waals surface area contributed by atoms with Crippen molar-refractivity contribution in [2.24, 2.45) is 0 Å². The van der Waals surface area contributed by atoms with Crippen LogP contribution in [0.3, 0.4) is 0 Å². The van der Waals surface area contributed by atoms with Crippen LogP contribution in [-0.4, -0.2) is 43.9 Å². The summed E-state index contributed by atoms with van der Waals surface area (Å²) in [5.74, 6) is -0.767. The van der Waals surface area contributed by atoms with Gasteiger partial charge in [0.25, 0.3) is 0 Å². The number of carbonyl (C=O) groups is 2. The molecule has 1 saturated heterocycles. The number of hydrogen-bond donors (Lipinski definition) is 3. The average molecular weight is 357 g/mol. The van der Waals surface area contributed by atoms with Gasteiger partial charge in [-0.25, -0.2) is 17.6 Å². The second kappa shape index (κ2) is 7.61. The minimum Gasteiger partial charge on any atom is -0.350 e. The highest BCUT2D eigenvalue weighted by Crippen LogP contribution is 2.10. The molecule has 1 aliphatic rings. The van der Waals surface area contributed by atoms with Gasteiger partial charge < -0.3 is 16.0 Å². The third-order valence-corrected chi connectivity index (χ3v) is 5.46. The average Bonchev–Trinajstić information content (AvgIpc) is 2.84. The standard InChI is InChI=1S/C15H20FN3O4S/c1-10(14(20)17-8-11-2-4-12(16)5-3-11)18-15(21)19-13-6-7-24(22,23)9-13/h2-5,10,13H,6-9H2,1H3,(H,17,20)(H2,18,19,21)/t10-,13-/m0/s1. The molecule has 2 atom stereocenters. The Morgan fingerprint density at radius 3 is 2.54 bits per heavy atom. The molecular weight excluding hydrogens is 337 g/mol. The summed E-state index contributed by atoms with van der Waals surface area (Å²) < 4.78 is 35.5. The van der Waals surface area contributed by atoms with E-state index in [1.165, 1.54) is 19.1 Å². The number of urea groups is 1. The first-order valence-electron chi connectivity index (χ1n) is 7.55. The van der Waals surface area contributed by atoms with E-state index in [9.17, 15) is 22.4 Å². The number of sulfone groups is 1. The van der Waals surface area contributed by atoms with Crippen LogP contribution in [0, 0.1) is 5.82 Å². The van der Waals surface area contributed by atoms with Gasteiger partial charge in [-0.15, -0.1) is 0 Å². The summed E-state index contributed by atoms with van der Waals surface area (Å²) in [4.78, 5) is 23.7. The van der Waals surface area contributed by atoms with Crippen LogP contribution in [0.4, 0.5) is 9.18 Å². The van der Waals surface area contributed by atoms with Gasteiger partial charge in [-0.05, 0) is 31.0 Å². The lowest BCUT2D eigenvalue weighted by Crippen LogP contribution is -2.50. The predicted octanol–water partition coefficient (Wildman–Crippen LogP) is 0.317. The SMILES string of the molecule is C[C@H](NC(=O)N[C@H]1CCS(=O)(=O)C1)C(=O)NCc1ccc(F)cc1. The molecule has 24 heavy (non-hydrogen) atoms. The number of nitrogens with one attached hydrogen (secondary N) is 3. The highest BCUT2D eigenvalue weighted by atomic mass is 32.2. The summed E-state index contributed by atoms with van der Waals surface area (Å²) >= 11 is 0. The molecule has 7 nitrogen and oxygen atoms in total. The van der Waals surface area contributed by atoms with Gasteiger partial charge in [0.2, 0.25) is 5.91 Å². The Labute approximate surface area is 139 Å². The normalized spacial score (nSPS) is 20.2. The third kappa shape index (κ3) is 5.48. The Hall–Kier alpha value is -2.16. The summed E-state index contributed by atoms with van der Waals surface area (Å²) in [5.41, 5.74) is 0.734. The largest absolute Gasteiger partial charge is 0.350 e. The van der Waals surface area contributed by atoms with E-state index in [-0.39, 0.29) is 23.9 Å². The molecule has 132 valence electrons. The van der Waals surface area contributed by atoms with Gasteiger partial charge >= 0.3 is 6.03 Å². The number of amides is 3. The molecule has 0 bridgehead atoms. The maximum Gasteiger partial charge on any atom is 0.315 e. The molecule has 0 saturated carbocycles. The van der Waals surface area contributed by atoms with Gasteiger partial charge in [0.1, 0.15) is 11.9 Å². The Kier molecular flexibility index (Phi) is 5.76. The van der Waals surface area contributed by atoms with E-state index in [0.29, 0.717) is 6.42 Å². The molecule has 0 radical (unpaired) electrons. The van der Waals surface area contributed by atoms with E-state index >= 15 is 0 Å². The molecule has 1 aliphatic heterocycles. The third-order valence-electron chi connectivity index (χ3n) is 3.69. The predicted molar refractivity (Wildman–Crippen MR) is 86.4 cm³/mol. The minimum atomic E-state index is -3.08. The molecule has 2 rings (SSSR count). The lowest BCUT2D eigenvalue weighted by atomic mass is 10.2. The van der Waals surface area contributed by atoms with E-state index in [4.69, 9.17) is 0 Å². The van der Waals surface area contributed by atoms with Crippen LogP contribution in [0.25, 0.3) is 0 Å². The Balaban J connectivity index is 1.74. The molecule has 1 heterocycles. The van der Waals surface area contributed by atoms with E-state index in [1.54, 1.807) is 12.1 Å². The van der Waals surface area contributed by atoms with Crippen molar-refractivity contribution in [3.8, 4) is 0 Å². The topological polar surface area (TPSA) is 104 Å². The first-order chi connectivity index (χ1) is 11.2. The van der Waals surface area contributed by atoms with Gasteiger partial charge in [0, 0.05) is 12.6 Å². The summed E-state index contributed by atoms with van der Waals surface area (Å²) in [6.07, 6.45) is 0.376. The summed E-state index contributed by atoms with van der Waals surface area (Å²) in [6, 6.07) is 3.91. The van der Waals surface area contributed by atoms with Crippen LogP contribution in [0.1, 0.15) is 18.9 Å². The van der Waals surface area contributed by atoms with E-state index in [0.717, 1.165) is 5.56 Å². The van der Waals surface area contributed by atoms with Crippen molar-refractivity contribution in [2.45, 2.75) is 32.0 Å². The van der Waals surface area contributed by atoms with Crippen molar-refractivity contribution in [3.05, 3.63) is 35.6 Å². The lowest BCUT2D eigenvalue weighted by Gasteiger charge is -2.17. The number of halogens is 1. The van der Waals surface area contributed by atoms with Crippen LogP contribution < -0.4 is 16.0 Å². The van der Waals surface area contributed by atoms with E-state index < -0.39 is 33.9 Å². The van der Waals surface area contributed by atoms with Crippen LogP contribution in [0.2, 0.25) is 0 Å². The van der Waals surface area contributed by atoms with E-state index in [1.807, 2.05) is 0 Å². The Morgan fingerprint density at radius 1 is 1.29 bits per heavy atom. The van der Waals surface area contributed by atoms with Gasteiger partial charge in [-0.2, -0.15) is 0 Å².